The first-order valence-corrected chi connectivity index (χ1v) is 12.9. The van der Waals surface area contributed by atoms with E-state index < -0.39 is 11.6 Å². The molecule has 2 aliphatic heterocycles. The molecule has 5 rings (SSSR count). The molecule has 3 aromatic rings. The van der Waals surface area contributed by atoms with Crippen molar-refractivity contribution in [1.29, 1.82) is 0 Å². The van der Waals surface area contributed by atoms with E-state index in [4.69, 9.17) is 4.74 Å². The lowest BCUT2D eigenvalue weighted by Gasteiger charge is -2.34. The maximum atomic E-state index is 15.0. The number of anilines is 3. The van der Waals surface area contributed by atoms with Crippen LogP contribution in [0.25, 0.3) is 11.3 Å². The Morgan fingerprint density at radius 2 is 1.97 bits per heavy atom. The summed E-state index contributed by atoms with van der Waals surface area (Å²) < 4.78 is 35.4. The normalized spacial score (nSPS) is 15.1. The molecule has 0 saturated heterocycles. The first-order valence-electron chi connectivity index (χ1n) is 12.9. The quantitative estimate of drug-likeness (QED) is 0.480. The monoisotopic (exact) mass is 522 g/mol. The van der Waals surface area contributed by atoms with Gasteiger partial charge >= 0.3 is 0 Å². The van der Waals surface area contributed by atoms with Crippen LogP contribution in [0.1, 0.15) is 31.9 Å². The van der Waals surface area contributed by atoms with Gasteiger partial charge < -0.3 is 20.3 Å². The molecule has 38 heavy (non-hydrogen) atoms. The van der Waals surface area contributed by atoms with Crippen LogP contribution in [-0.4, -0.2) is 59.6 Å². The predicted molar refractivity (Wildman–Crippen MR) is 143 cm³/mol. The number of halogens is 2. The third-order valence-electron chi connectivity index (χ3n) is 6.91. The Hall–Kier alpha value is -3.79. The topological polar surface area (TPSA) is 82.6 Å². The van der Waals surface area contributed by atoms with E-state index in [0.717, 1.165) is 37.9 Å². The molecular weight excluding hydrogens is 490 g/mol. The number of benzene rings is 2. The lowest BCUT2D eigenvalue weighted by molar-refractivity contribution is -0.119. The van der Waals surface area contributed by atoms with Gasteiger partial charge in [0.15, 0.2) is 17.4 Å². The van der Waals surface area contributed by atoms with Crippen molar-refractivity contribution < 1.29 is 18.3 Å². The van der Waals surface area contributed by atoms with Gasteiger partial charge in [-0.3, -0.25) is 9.69 Å². The molecule has 0 fully saturated rings. The molecule has 0 radical (unpaired) electrons. The molecule has 0 spiro atoms. The molecule has 0 saturated carbocycles. The van der Waals surface area contributed by atoms with Crippen LogP contribution < -0.4 is 20.3 Å². The third-order valence-corrected chi connectivity index (χ3v) is 6.91. The number of carbonyl (C=O) groups excluding carboxylic acids is 1. The van der Waals surface area contributed by atoms with Gasteiger partial charge in [0.1, 0.15) is 12.3 Å². The zero-order valence-electron chi connectivity index (χ0n) is 21.9. The second-order valence-electron chi connectivity index (χ2n) is 9.95. The Morgan fingerprint density at radius 3 is 2.76 bits per heavy atom. The van der Waals surface area contributed by atoms with Crippen molar-refractivity contribution in [2.75, 3.05) is 43.0 Å². The van der Waals surface area contributed by atoms with Crippen molar-refractivity contribution >= 4 is 23.2 Å². The van der Waals surface area contributed by atoms with E-state index in [1.807, 2.05) is 24.8 Å². The SMILES string of the molecule is CC(=O)NCCN1CCc2cc(Nc3ncc(F)c(-c4cc(F)c5c(c4)N(C(C)C)CCO5)n3)ccc2C1. The van der Waals surface area contributed by atoms with E-state index in [1.165, 1.54) is 24.1 Å². The van der Waals surface area contributed by atoms with Crippen LogP contribution in [-0.2, 0) is 17.8 Å². The second-order valence-corrected chi connectivity index (χ2v) is 9.95. The number of fused-ring (bicyclic) bond motifs is 2. The van der Waals surface area contributed by atoms with Crippen molar-refractivity contribution in [1.82, 2.24) is 20.2 Å². The fourth-order valence-corrected chi connectivity index (χ4v) is 5.00. The van der Waals surface area contributed by atoms with Crippen LogP contribution in [0.15, 0.2) is 36.5 Å². The Morgan fingerprint density at radius 1 is 1.13 bits per heavy atom. The van der Waals surface area contributed by atoms with Crippen LogP contribution >= 0.6 is 0 Å². The largest absolute Gasteiger partial charge is 0.486 e. The lowest BCUT2D eigenvalue weighted by Crippen LogP contribution is -2.38. The van der Waals surface area contributed by atoms with Gasteiger partial charge in [0.05, 0.1) is 18.4 Å². The molecule has 0 unspecified atom stereocenters. The summed E-state index contributed by atoms with van der Waals surface area (Å²) in [5, 5.41) is 6.01. The van der Waals surface area contributed by atoms with Crippen molar-refractivity contribution in [3.8, 4) is 17.0 Å². The standard InChI is InChI=1S/C28H32F2N6O2/c1-17(2)36-10-11-38-27-23(29)13-21(14-25(27)36)26-24(30)15-32-28(34-26)33-22-5-4-20-16-35(8-6-19(20)12-22)9-7-31-18(3)37/h4-5,12-15,17H,6-11,16H2,1-3H3,(H,31,37)(H,32,33,34). The second kappa shape index (κ2) is 10.9. The van der Waals surface area contributed by atoms with E-state index in [1.54, 1.807) is 6.07 Å². The number of hydrogen-bond acceptors (Lipinski definition) is 7. The summed E-state index contributed by atoms with van der Waals surface area (Å²) >= 11 is 0. The summed E-state index contributed by atoms with van der Waals surface area (Å²) in [6.07, 6.45) is 1.98. The molecule has 1 amide bonds. The number of nitrogens with one attached hydrogen (secondary N) is 2. The molecule has 1 aromatic heterocycles. The number of amides is 1. The van der Waals surface area contributed by atoms with Gasteiger partial charge in [0.25, 0.3) is 0 Å². The zero-order chi connectivity index (χ0) is 26.8. The summed E-state index contributed by atoms with van der Waals surface area (Å²) in [7, 11) is 0. The summed E-state index contributed by atoms with van der Waals surface area (Å²) in [6.45, 7) is 9.73. The first kappa shape index (κ1) is 25.8. The van der Waals surface area contributed by atoms with Gasteiger partial charge in [-0.25, -0.2) is 18.7 Å². The number of nitrogens with zero attached hydrogens (tertiary/aromatic N) is 4. The average Bonchev–Trinajstić information content (AvgIpc) is 2.89. The van der Waals surface area contributed by atoms with Gasteiger partial charge in [-0.05, 0) is 55.7 Å². The molecule has 0 aliphatic carbocycles. The molecule has 200 valence electrons. The van der Waals surface area contributed by atoms with Crippen LogP contribution in [0, 0.1) is 11.6 Å². The molecule has 8 nitrogen and oxygen atoms in total. The fraction of sp³-hybridized carbons (Fsp3) is 0.393. The van der Waals surface area contributed by atoms with Crippen LogP contribution in [0.4, 0.5) is 26.1 Å². The molecular formula is C28H32F2N6O2. The van der Waals surface area contributed by atoms with Gasteiger partial charge in [-0.1, -0.05) is 6.07 Å². The Kier molecular flexibility index (Phi) is 7.42. The van der Waals surface area contributed by atoms with Gasteiger partial charge in [0, 0.05) is 50.4 Å². The minimum absolute atomic E-state index is 0.0197. The van der Waals surface area contributed by atoms with Gasteiger partial charge in [-0.15, -0.1) is 0 Å². The van der Waals surface area contributed by atoms with Crippen molar-refractivity contribution in [3.05, 3.63) is 59.3 Å². The minimum atomic E-state index is -0.632. The summed E-state index contributed by atoms with van der Waals surface area (Å²) in [5.41, 5.74) is 4.18. The fourth-order valence-electron chi connectivity index (χ4n) is 5.00. The van der Waals surface area contributed by atoms with Crippen LogP contribution in [0.2, 0.25) is 0 Å². The number of rotatable bonds is 7. The van der Waals surface area contributed by atoms with Crippen LogP contribution in [0.5, 0.6) is 5.75 Å². The van der Waals surface area contributed by atoms with Crippen molar-refractivity contribution in [2.24, 2.45) is 0 Å². The van der Waals surface area contributed by atoms with E-state index >= 15 is 0 Å². The summed E-state index contributed by atoms with van der Waals surface area (Å²) in [4.78, 5) is 24.0. The van der Waals surface area contributed by atoms with E-state index in [0.29, 0.717) is 30.9 Å². The highest BCUT2D eigenvalue weighted by molar-refractivity contribution is 5.73. The maximum absolute atomic E-state index is 15.0. The summed E-state index contributed by atoms with van der Waals surface area (Å²) in [5.74, 6) is -0.787. The molecule has 2 aliphatic rings. The molecule has 0 bridgehead atoms. The highest BCUT2D eigenvalue weighted by atomic mass is 19.1. The third kappa shape index (κ3) is 5.55. The highest BCUT2D eigenvalue weighted by Gasteiger charge is 2.26. The lowest BCUT2D eigenvalue weighted by atomic mass is 9.99. The molecule has 2 N–H and O–H groups in total. The smallest absolute Gasteiger partial charge is 0.227 e. The highest BCUT2D eigenvalue weighted by Crippen LogP contribution is 2.39. The Balaban J connectivity index is 1.35. The zero-order valence-corrected chi connectivity index (χ0v) is 21.9. The molecule has 0 atom stereocenters. The van der Waals surface area contributed by atoms with E-state index in [9.17, 15) is 13.6 Å². The van der Waals surface area contributed by atoms with Crippen molar-refractivity contribution in [3.63, 3.8) is 0 Å². The minimum Gasteiger partial charge on any atom is -0.486 e. The van der Waals surface area contributed by atoms with Crippen LogP contribution in [0.3, 0.4) is 0 Å². The number of ether oxygens (including phenoxy) is 1. The van der Waals surface area contributed by atoms with E-state index in [-0.39, 0.29) is 29.3 Å². The number of aromatic nitrogens is 2. The number of hydrogen-bond donors (Lipinski definition) is 2. The Bertz CT molecular complexity index is 1350. The average molecular weight is 523 g/mol. The van der Waals surface area contributed by atoms with Crippen molar-refractivity contribution in [2.45, 2.75) is 39.8 Å². The number of carbonyl (C=O) groups is 1. The predicted octanol–water partition coefficient (Wildman–Crippen LogP) is 4.27. The van der Waals surface area contributed by atoms with E-state index in [2.05, 4.69) is 37.6 Å². The molecule has 3 heterocycles. The molecule has 2 aromatic carbocycles. The Labute approximate surface area is 221 Å². The molecule has 10 heteroatoms. The van der Waals surface area contributed by atoms with Gasteiger partial charge in [-0.2, -0.15) is 0 Å². The first-order chi connectivity index (χ1) is 18.3. The van der Waals surface area contributed by atoms with Gasteiger partial charge in [0.2, 0.25) is 11.9 Å². The maximum Gasteiger partial charge on any atom is 0.227 e. The summed E-state index contributed by atoms with van der Waals surface area (Å²) in [6, 6.07) is 9.18.